The van der Waals surface area contributed by atoms with Crippen molar-refractivity contribution in [3.8, 4) is 5.75 Å². The van der Waals surface area contributed by atoms with Crippen molar-refractivity contribution in [1.29, 1.82) is 0 Å². The number of hydrogen-bond donors (Lipinski definition) is 2. The van der Waals surface area contributed by atoms with E-state index in [9.17, 15) is 4.79 Å². The standard InChI is InChI=1S/C22H24N4O2/c1-2-28-20-6-4-3-5-19(20)22(21(23)27,15-17-7-11-24-12-8-17)26-16-18-9-13-25-14-10-18/h3-14,26H,2,15-16H2,1H3,(H2,23,27). The Labute approximate surface area is 164 Å². The molecule has 0 aliphatic heterocycles. The normalized spacial score (nSPS) is 12.9. The number of nitrogens with one attached hydrogen (secondary N) is 1. The first kappa shape index (κ1) is 19.5. The first-order valence-corrected chi connectivity index (χ1v) is 9.21. The van der Waals surface area contributed by atoms with Crippen LogP contribution in [0.3, 0.4) is 0 Å². The van der Waals surface area contributed by atoms with Gasteiger partial charge in [0.1, 0.15) is 11.3 Å². The quantitative estimate of drug-likeness (QED) is 0.599. The first-order chi connectivity index (χ1) is 13.7. The molecule has 28 heavy (non-hydrogen) atoms. The van der Waals surface area contributed by atoms with Crippen LogP contribution in [0.15, 0.2) is 73.3 Å². The lowest BCUT2D eigenvalue weighted by Crippen LogP contribution is -2.54. The number of benzene rings is 1. The first-order valence-electron chi connectivity index (χ1n) is 9.21. The number of nitrogens with two attached hydrogens (primary N) is 1. The molecule has 0 aliphatic rings. The summed E-state index contributed by atoms with van der Waals surface area (Å²) < 4.78 is 5.81. The molecule has 0 radical (unpaired) electrons. The van der Waals surface area contributed by atoms with Crippen molar-refractivity contribution in [3.63, 3.8) is 0 Å². The van der Waals surface area contributed by atoms with E-state index in [0.29, 0.717) is 25.3 Å². The van der Waals surface area contributed by atoms with E-state index >= 15 is 0 Å². The number of rotatable bonds is 9. The highest BCUT2D eigenvalue weighted by molar-refractivity contribution is 5.87. The molecule has 3 rings (SSSR count). The Morgan fingerprint density at radius 3 is 2.21 bits per heavy atom. The minimum absolute atomic E-state index is 0.375. The number of nitrogens with zero attached hydrogens (tertiary/aromatic N) is 2. The number of pyridine rings is 2. The van der Waals surface area contributed by atoms with Crippen LogP contribution in [-0.2, 0) is 23.3 Å². The van der Waals surface area contributed by atoms with Crippen molar-refractivity contribution in [3.05, 3.63) is 90.0 Å². The van der Waals surface area contributed by atoms with Crippen molar-refractivity contribution in [2.45, 2.75) is 25.4 Å². The van der Waals surface area contributed by atoms with Gasteiger partial charge < -0.3 is 10.5 Å². The van der Waals surface area contributed by atoms with Gasteiger partial charge in [-0.05, 0) is 48.4 Å². The van der Waals surface area contributed by atoms with Gasteiger partial charge in [-0.3, -0.25) is 20.1 Å². The molecule has 3 N–H and O–H groups in total. The lowest BCUT2D eigenvalue weighted by molar-refractivity contribution is -0.125. The highest BCUT2D eigenvalue weighted by Gasteiger charge is 2.40. The molecule has 0 fully saturated rings. The van der Waals surface area contributed by atoms with E-state index in [-0.39, 0.29) is 0 Å². The number of para-hydroxylation sites is 1. The molecule has 1 amide bonds. The predicted octanol–water partition coefficient (Wildman–Crippen LogP) is 2.59. The smallest absolute Gasteiger partial charge is 0.242 e. The molecule has 1 unspecified atom stereocenters. The average molecular weight is 376 g/mol. The molecule has 144 valence electrons. The SMILES string of the molecule is CCOc1ccccc1C(Cc1ccncc1)(NCc1ccncc1)C(N)=O. The van der Waals surface area contributed by atoms with Gasteiger partial charge in [-0.15, -0.1) is 0 Å². The molecule has 0 saturated carbocycles. The molecule has 0 bridgehead atoms. The van der Waals surface area contributed by atoms with Gasteiger partial charge in [-0.2, -0.15) is 0 Å². The second-order valence-corrected chi connectivity index (χ2v) is 6.44. The Bertz CT molecular complexity index is 903. The van der Waals surface area contributed by atoms with Crippen LogP contribution in [-0.4, -0.2) is 22.5 Å². The van der Waals surface area contributed by atoms with E-state index < -0.39 is 11.4 Å². The van der Waals surface area contributed by atoms with E-state index in [4.69, 9.17) is 10.5 Å². The van der Waals surface area contributed by atoms with Crippen LogP contribution in [0, 0.1) is 0 Å². The van der Waals surface area contributed by atoms with Gasteiger partial charge in [-0.1, -0.05) is 18.2 Å². The number of primary amides is 1. The Hall–Kier alpha value is -3.25. The van der Waals surface area contributed by atoms with Gasteiger partial charge in [0, 0.05) is 43.3 Å². The van der Waals surface area contributed by atoms with Gasteiger partial charge in [0.05, 0.1) is 6.61 Å². The van der Waals surface area contributed by atoms with Crippen molar-refractivity contribution in [2.75, 3.05) is 6.61 Å². The maximum absolute atomic E-state index is 12.9. The summed E-state index contributed by atoms with van der Waals surface area (Å²) in [5, 5.41) is 3.41. The van der Waals surface area contributed by atoms with E-state index in [0.717, 1.165) is 16.7 Å². The number of aromatic nitrogens is 2. The van der Waals surface area contributed by atoms with E-state index in [1.54, 1.807) is 24.8 Å². The third-order valence-corrected chi connectivity index (χ3v) is 4.63. The summed E-state index contributed by atoms with van der Waals surface area (Å²) in [7, 11) is 0. The zero-order chi connectivity index (χ0) is 19.8. The fourth-order valence-corrected chi connectivity index (χ4v) is 3.22. The summed E-state index contributed by atoms with van der Waals surface area (Å²) in [6.07, 6.45) is 7.23. The second-order valence-electron chi connectivity index (χ2n) is 6.44. The van der Waals surface area contributed by atoms with Gasteiger partial charge in [0.2, 0.25) is 5.91 Å². The third kappa shape index (κ3) is 4.35. The van der Waals surface area contributed by atoms with Crippen molar-refractivity contribution < 1.29 is 9.53 Å². The summed E-state index contributed by atoms with van der Waals surface area (Å²) >= 11 is 0. The topological polar surface area (TPSA) is 90.1 Å². The predicted molar refractivity (Wildman–Crippen MR) is 108 cm³/mol. The molecule has 0 aliphatic carbocycles. The molecule has 2 heterocycles. The Morgan fingerprint density at radius 1 is 1.00 bits per heavy atom. The van der Waals surface area contributed by atoms with Gasteiger partial charge in [0.15, 0.2) is 0 Å². The Kier molecular flexibility index (Phi) is 6.34. The fourth-order valence-electron chi connectivity index (χ4n) is 3.22. The lowest BCUT2D eigenvalue weighted by atomic mass is 9.82. The summed E-state index contributed by atoms with van der Waals surface area (Å²) in [4.78, 5) is 21.0. The number of ether oxygens (including phenoxy) is 1. The van der Waals surface area contributed by atoms with Crippen LogP contribution in [0.1, 0.15) is 23.6 Å². The molecule has 2 aromatic heterocycles. The largest absolute Gasteiger partial charge is 0.494 e. The fraction of sp³-hybridized carbons (Fsp3) is 0.227. The van der Waals surface area contributed by atoms with Crippen molar-refractivity contribution in [2.24, 2.45) is 5.73 Å². The molecular formula is C22H24N4O2. The maximum atomic E-state index is 12.9. The molecule has 1 aromatic carbocycles. The Balaban J connectivity index is 2.06. The van der Waals surface area contributed by atoms with E-state index in [1.807, 2.05) is 55.5 Å². The molecule has 6 heteroatoms. The number of carbonyl (C=O) groups is 1. The van der Waals surface area contributed by atoms with Crippen molar-refractivity contribution in [1.82, 2.24) is 15.3 Å². The highest BCUT2D eigenvalue weighted by Crippen LogP contribution is 2.33. The van der Waals surface area contributed by atoms with Crippen LogP contribution in [0.2, 0.25) is 0 Å². The lowest BCUT2D eigenvalue weighted by Gasteiger charge is -2.34. The highest BCUT2D eigenvalue weighted by atomic mass is 16.5. The zero-order valence-corrected chi connectivity index (χ0v) is 15.8. The van der Waals surface area contributed by atoms with Crippen LogP contribution in [0.4, 0.5) is 0 Å². The second kappa shape index (κ2) is 9.10. The number of amides is 1. The molecule has 0 spiro atoms. The molecule has 1 atom stereocenters. The van der Waals surface area contributed by atoms with Crippen LogP contribution >= 0.6 is 0 Å². The summed E-state index contributed by atoms with van der Waals surface area (Å²) in [5.74, 6) is 0.172. The zero-order valence-electron chi connectivity index (χ0n) is 15.8. The monoisotopic (exact) mass is 376 g/mol. The minimum atomic E-state index is -1.14. The molecule has 6 nitrogen and oxygen atoms in total. The van der Waals surface area contributed by atoms with Crippen molar-refractivity contribution >= 4 is 5.91 Å². The van der Waals surface area contributed by atoms with Gasteiger partial charge >= 0.3 is 0 Å². The van der Waals surface area contributed by atoms with Gasteiger partial charge in [-0.25, -0.2) is 0 Å². The summed E-state index contributed by atoms with van der Waals surface area (Å²) in [6.45, 7) is 2.86. The van der Waals surface area contributed by atoms with Crippen LogP contribution in [0.25, 0.3) is 0 Å². The number of carbonyl (C=O) groups excluding carboxylic acids is 1. The number of hydrogen-bond acceptors (Lipinski definition) is 5. The van der Waals surface area contributed by atoms with Gasteiger partial charge in [0.25, 0.3) is 0 Å². The Morgan fingerprint density at radius 2 is 1.61 bits per heavy atom. The van der Waals surface area contributed by atoms with E-state index in [1.165, 1.54) is 0 Å². The van der Waals surface area contributed by atoms with Crippen LogP contribution in [0.5, 0.6) is 5.75 Å². The molecule has 0 saturated heterocycles. The molecular weight excluding hydrogens is 352 g/mol. The minimum Gasteiger partial charge on any atom is -0.494 e. The summed E-state index contributed by atoms with van der Waals surface area (Å²) in [6, 6.07) is 15.1. The van der Waals surface area contributed by atoms with E-state index in [2.05, 4.69) is 15.3 Å². The average Bonchev–Trinajstić information content (AvgIpc) is 2.73. The molecule has 3 aromatic rings. The van der Waals surface area contributed by atoms with Crippen LogP contribution < -0.4 is 15.8 Å². The third-order valence-electron chi connectivity index (χ3n) is 4.63. The summed E-state index contributed by atoms with van der Waals surface area (Å²) in [5.41, 5.74) is 7.52. The maximum Gasteiger partial charge on any atom is 0.242 e.